The molecule has 1 aliphatic carbocycles. The third kappa shape index (κ3) is 2.14. The minimum absolute atomic E-state index is 0.731. The number of nitrogens with zero attached hydrogens (tertiary/aromatic N) is 2. The van der Waals surface area contributed by atoms with Gasteiger partial charge in [0.1, 0.15) is 0 Å². The van der Waals surface area contributed by atoms with E-state index in [9.17, 15) is 0 Å². The summed E-state index contributed by atoms with van der Waals surface area (Å²) in [5.74, 6) is 0.731. The molecule has 3 heteroatoms. The first kappa shape index (κ1) is 11.6. The van der Waals surface area contributed by atoms with Gasteiger partial charge < -0.3 is 5.32 Å². The molecule has 3 nitrogen and oxygen atoms in total. The average Bonchev–Trinajstić information content (AvgIpc) is 2.86. The molecular weight excluding hydrogens is 198 g/mol. The molecule has 0 aromatic carbocycles. The highest BCUT2D eigenvalue weighted by Crippen LogP contribution is 2.35. The van der Waals surface area contributed by atoms with E-state index in [0.29, 0.717) is 0 Å². The summed E-state index contributed by atoms with van der Waals surface area (Å²) < 4.78 is 2.08. The second-order valence-electron chi connectivity index (χ2n) is 4.92. The van der Waals surface area contributed by atoms with Gasteiger partial charge in [0, 0.05) is 31.6 Å². The Morgan fingerprint density at radius 3 is 2.69 bits per heavy atom. The fourth-order valence-electron chi connectivity index (χ4n) is 2.87. The van der Waals surface area contributed by atoms with Gasteiger partial charge in [-0.05, 0) is 32.4 Å². The van der Waals surface area contributed by atoms with Crippen LogP contribution >= 0.6 is 0 Å². The van der Waals surface area contributed by atoms with Gasteiger partial charge in [0.15, 0.2) is 0 Å². The molecule has 1 heterocycles. The molecular formula is C13H23N3. The first-order valence-electron chi connectivity index (χ1n) is 6.41. The van der Waals surface area contributed by atoms with Crippen molar-refractivity contribution in [3.8, 4) is 0 Å². The lowest BCUT2D eigenvalue weighted by molar-refractivity contribution is 0.639. The maximum Gasteiger partial charge on any atom is 0.0687 e. The Bertz CT molecular complexity index is 348. The molecule has 90 valence electrons. The second kappa shape index (κ2) is 5.00. The number of aromatic nitrogens is 2. The van der Waals surface area contributed by atoms with E-state index in [4.69, 9.17) is 5.10 Å². The summed E-state index contributed by atoms with van der Waals surface area (Å²) in [7, 11) is 4.08. The lowest BCUT2D eigenvalue weighted by atomic mass is 9.99. The average molecular weight is 221 g/mol. The Labute approximate surface area is 98.2 Å². The summed E-state index contributed by atoms with van der Waals surface area (Å²) in [6.45, 7) is 3.27. The lowest BCUT2D eigenvalue weighted by Crippen LogP contribution is -2.13. The number of aryl methyl sites for hydroxylation is 1. The number of hydrogen-bond acceptors (Lipinski definition) is 2. The zero-order valence-corrected chi connectivity index (χ0v) is 10.7. The van der Waals surface area contributed by atoms with Crippen molar-refractivity contribution in [3.63, 3.8) is 0 Å². The van der Waals surface area contributed by atoms with Crippen molar-refractivity contribution in [1.82, 2.24) is 15.1 Å². The Balaban J connectivity index is 2.19. The van der Waals surface area contributed by atoms with Crippen molar-refractivity contribution in [1.29, 1.82) is 0 Å². The zero-order valence-electron chi connectivity index (χ0n) is 10.7. The monoisotopic (exact) mass is 221 g/mol. The Morgan fingerprint density at radius 2 is 2.06 bits per heavy atom. The largest absolute Gasteiger partial charge is 0.319 e. The minimum Gasteiger partial charge on any atom is -0.319 e. The topological polar surface area (TPSA) is 29.9 Å². The van der Waals surface area contributed by atoms with E-state index < -0.39 is 0 Å². The van der Waals surface area contributed by atoms with Crippen LogP contribution in [0.2, 0.25) is 0 Å². The van der Waals surface area contributed by atoms with E-state index in [-0.39, 0.29) is 0 Å². The molecule has 16 heavy (non-hydrogen) atoms. The van der Waals surface area contributed by atoms with E-state index in [1.165, 1.54) is 42.6 Å². The van der Waals surface area contributed by atoms with Crippen LogP contribution in [0.3, 0.4) is 0 Å². The molecule has 1 N–H and O–H groups in total. The van der Waals surface area contributed by atoms with Gasteiger partial charge in [-0.2, -0.15) is 5.10 Å². The Hall–Kier alpha value is -0.830. The van der Waals surface area contributed by atoms with Crippen LogP contribution in [0.25, 0.3) is 0 Å². The number of hydrogen-bond donors (Lipinski definition) is 1. The molecule has 0 spiro atoms. The van der Waals surface area contributed by atoms with Crippen molar-refractivity contribution >= 4 is 0 Å². The van der Waals surface area contributed by atoms with E-state index in [1.54, 1.807) is 0 Å². The second-order valence-corrected chi connectivity index (χ2v) is 4.92. The van der Waals surface area contributed by atoms with Crippen LogP contribution in [-0.4, -0.2) is 23.4 Å². The molecule has 0 amide bonds. The van der Waals surface area contributed by atoms with Gasteiger partial charge in [-0.1, -0.05) is 12.8 Å². The maximum absolute atomic E-state index is 4.73. The molecule has 1 aromatic rings. The van der Waals surface area contributed by atoms with Crippen molar-refractivity contribution < 1.29 is 0 Å². The number of likely N-dealkylation sites (N-methyl/N-ethyl adjacent to an activating group) is 1. The minimum atomic E-state index is 0.731. The standard InChI is InChI=1S/C13H23N3/c1-10-12(8-9-14-2)16(3)15-13(10)11-6-4-5-7-11/h11,14H,4-9H2,1-3H3. The van der Waals surface area contributed by atoms with Crippen LogP contribution in [0.5, 0.6) is 0 Å². The summed E-state index contributed by atoms with van der Waals surface area (Å²) in [5.41, 5.74) is 4.20. The molecule has 1 aliphatic rings. The van der Waals surface area contributed by atoms with Crippen LogP contribution in [0.1, 0.15) is 48.6 Å². The summed E-state index contributed by atoms with van der Waals surface area (Å²) in [4.78, 5) is 0. The van der Waals surface area contributed by atoms with E-state index >= 15 is 0 Å². The molecule has 1 fully saturated rings. The SMILES string of the molecule is CNCCc1c(C)c(C2CCCC2)nn1C. The van der Waals surface area contributed by atoms with Gasteiger partial charge in [-0.3, -0.25) is 4.68 Å². The molecule has 1 saturated carbocycles. The summed E-state index contributed by atoms with van der Waals surface area (Å²) >= 11 is 0. The zero-order chi connectivity index (χ0) is 11.5. The maximum atomic E-state index is 4.73. The highest BCUT2D eigenvalue weighted by molar-refractivity contribution is 5.28. The smallest absolute Gasteiger partial charge is 0.0687 e. The fraction of sp³-hybridized carbons (Fsp3) is 0.769. The molecule has 0 saturated heterocycles. The molecule has 2 rings (SSSR count). The highest BCUT2D eigenvalue weighted by atomic mass is 15.3. The third-order valence-corrected chi connectivity index (χ3v) is 3.82. The highest BCUT2D eigenvalue weighted by Gasteiger charge is 2.23. The van der Waals surface area contributed by atoms with Gasteiger partial charge in [0.25, 0.3) is 0 Å². The Morgan fingerprint density at radius 1 is 1.38 bits per heavy atom. The van der Waals surface area contributed by atoms with Crippen LogP contribution in [0.15, 0.2) is 0 Å². The normalized spacial score (nSPS) is 17.2. The van der Waals surface area contributed by atoms with Crippen LogP contribution < -0.4 is 5.32 Å². The first-order valence-corrected chi connectivity index (χ1v) is 6.41. The molecule has 0 radical (unpaired) electrons. The van der Waals surface area contributed by atoms with Gasteiger partial charge in [0.05, 0.1) is 5.69 Å². The van der Waals surface area contributed by atoms with Crippen LogP contribution in [0.4, 0.5) is 0 Å². The van der Waals surface area contributed by atoms with Crippen molar-refractivity contribution in [2.75, 3.05) is 13.6 Å². The number of nitrogens with one attached hydrogen (secondary N) is 1. The molecule has 0 bridgehead atoms. The molecule has 0 atom stereocenters. The fourth-order valence-corrected chi connectivity index (χ4v) is 2.87. The van der Waals surface area contributed by atoms with Crippen LogP contribution in [-0.2, 0) is 13.5 Å². The quantitative estimate of drug-likeness (QED) is 0.844. The van der Waals surface area contributed by atoms with Crippen LogP contribution in [0, 0.1) is 6.92 Å². The molecule has 1 aromatic heterocycles. The molecule has 0 unspecified atom stereocenters. The van der Waals surface area contributed by atoms with Gasteiger partial charge in [-0.25, -0.2) is 0 Å². The van der Waals surface area contributed by atoms with Gasteiger partial charge in [0.2, 0.25) is 0 Å². The number of rotatable bonds is 4. The van der Waals surface area contributed by atoms with E-state index in [0.717, 1.165) is 18.9 Å². The van der Waals surface area contributed by atoms with E-state index in [1.807, 2.05) is 7.05 Å². The van der Waals surface area contributed by atoms with E-state index in [2.05, 4.69) is 24.0 Å². The summed E-state index contributed by atoms with van der Waals surface area (Å²) in [5, 5.41) is 7.94. The first-order chi connectivity index (χ1) is 7.74. The van der Waals surface area contributed by atoms with Gasteiger partial charge in [-0.15, -0.1) is 0 Å². The Kier molecular flexibility index (Phi) is 3.64. The summed E-state index contributed by atoms with van der Waals surface area (Å²) in [6.07, 6.45) is 6.52. The van der Waals surface area contributed by atoms with Crippen molar-refractivity contribution in [3.05, 3.63) is 17.0 Å². The third-order valence-electron chi connectivity index (χ3n) is 3.82. The predicted molar refractivity (Wildman–Crippen MR) is 66.8 cm³/mol. The predicted octanol–water partition coefficient (Wildman–Crippen LogP) is 2.15. The lowest BCUT2D eigenvalue weighted by Gasteiger charge is -2.06. The van der Waals surface area contributed by atoms with Gasteiger partial charge >= 0.3 is 0 Å². The summed E-state index contributed by atoms with van der Waals surface area (Å²) in [6, 6.07) is 0. The molecule has 0 aliphatic heterocycles. The van der Waals surface area contributed by atoms with Crippen molar-refractivity contribution in [2.24, 2.45) is 7.05 Å². The van der Waals surface area contributed by atoms with Crippen molar-refractivity contribution in [2.45, 2.75) is 44.9 Å².